The van der Waals surface area contributed by atoms with Crippen molar-refractivity contribution < 1.29 is 62.0 Å². The van der Waals surface area contributed by atoms with Gasteiger partial charge in [-0.05, 0) is 105 Å². The molecule has 1 fully saturated rings. The molecular formula is C69H126N10O13Si. The molecule has 3 N–H and O–H groups in total. The molecule has 10 amide bonds. The maximum Gasteiger partial charge on any atom is 0.246 e. The Kier molecular flexibility index (Phi) is 33.8. The Morgan fingerprint density at radius 1 is 0.473 bits per heavy atom. The van der Waals surface area contributed by atoms with E-state index >= 15 is 24.0 Å². The van der Waals surface area contributed by atoms with Gasteiger partial charge in [-0.25, -0.2) is 0 Å². The van der Waals surface area contributed by atoms with Crippen molar-refractivity contribution >= 4 is 79.5 Å². The SMILES string of the molecule is CC[C@@H]1C(=O)N(C)[C@@H](CC(C)C)C(=O)N[C@H](C(C)C)C(=O)N(C)[C@H](CC(C)C)C(=O)N[C@H](C)C(=O)C[C@@H](C)C(=O)N(C)[C@H](CC(C)C)C(=O)N(C)[C@H](CC(C)C)C(=O)N(C)[C@H](C(C)C)C(=O)N(C)[C@H]([C@H](O[Si](C)(C)C(C)(C)C)[C@H](C)CC=O)C(=O)N[C@H](CC)C(=O)N1C. The van der Waals surface area contributed by atoms with Gasteiger partial charge in [-0.2, -0.15) is 0 Å². The van der Waals surface area contributed by atoms with Crippen molar-refractivity contribution in [2.24, 2.45) is 47.3 Å². The highest BCUT2D eigenvalue weighted by Crippen LogP contribution is 2.40. The van der Waals surface area contributed by atoms with Gasteiger partial charge in [0, 0.05) is 68.1 Å². The van der Waals surface area contributed by atoms with Crippen molar-refractivity contribution in [3.05, 3.63) is 0 Å². The lowest BCUT2D eigenvalue weighted by atomic mass is 9.91. The van der Waals surface area contributed by atoms with Crippen molar-refractivity contribution in [1.82, 2.24) is 50.2 Å². The van der Waals surface area contributed by atoms with E-state index in [0.717, 1.165) is 0 Å². The molecule has 534 valence electrons. The minimum absolute atomic E-state index is 0.0159. The van der Waals surface area contributed by atoms with E-state index in [-0.39, 0.29) is 75.0 Å². The van der Waals surface area contributed by atoms with Gasteiger partial charge in [0.15, 0.2) is 14.1 Å². The molecule has 1 heterocycles. The maximum atomic E-state index is 15.7. The van der Waals surface area contributed by atoms with Gasteiger partial charge in [0.05, 0.1) is 12.1 Å². The van der Waals surface area contributed by atoms with Gasteiger partial charge >= 0.3 is 0 Å². The van der Waals surface area contributed by atoms with Crippen LogP contribution in [0.3, 0.4) is 0 Å². The molecule has 0 radical (unpaired) electrons. The lowest BCUT2D eigenvalue weighted by molar-refractivity contribution is -0.157. The first kappa shape index (κ1) is 85.2. The van der Waals surface area contributed by atoms with Crippen molar-refractivity contribution in [2.75, 3.05) is 49.3 Å². The second-order valence-corrected chi connectivity index (χ2v) is 35.3. The highest BCUT2D eigenvalue weighted by molar-refractivity contribution is 6.74. The van der Waals surface area contributed by atoms with Gasteiger partial charge in [-0.3, -0.25) is 52.7 Å². The zero-order valence-corrected chi connectivity index (χ0v) is 63.6. The molecule has 1 aliphatic heterocycles. The summed E-state index contributed by atoms with van der Waals surface area (Å²) in [6.45, 7) is 40.3. The Morgan fingerprint density at radius 3 is 1.27 bits per heavy atom. The third kappa shape index (κ3) is 23.0. The summed E-state index contributed by atoms with van der Waals surface area (Å²) in [4.78, 5) is 186. The van der Waals surface area contributed by atoms with E-state index in [1.165, 1.54) is 90.6 Å². The number of amides is 10. The second-order valence-electron chi connectivity index (χ2n) is 30.5. The highest BCUT2D eigenvalue weighted by Gasteiger charge is 2.50. The third-order valence-electron chi connectivity index (χ3n) is 19.0. The smallest absolute Gasteiger partial charge is 0.246 e. The fourth-order valence-corrected chi connectivity index (χ4v) is 13.3. The lowest BCUT2D eigenvalue weighted by Gasteiger charge is -2.46. The normalized spacial score (nSPS) is 26.8. The van der Waals surface area contributed by atoms with Gasteiger partial charge in [0.1, 0.15) is 60.7 Å². The predicted octanol–water partition coefficient (Wildman–Crippen LogP) is 6.79. The van der Waals surface area contributed by atoms with Crippen LogP contribution in [0.4, 0.5) is 0 Å². The van der Waals surface area contributed by atoms with E-state index in [1.807, 2.05) is 89.3 Å². The van der Waals surface area contributed by atoms with Crippen LogP contribution in [0.25, 0.3) is 0 Å². The number of nitrogens with zero attached hydrogens (tertiary/aromatic N) is 7. The summed E-state index contributed by atoms with van der Waals surface area (Å²) in [5.41, 5.74) is 0. The minimum atomic E-state index is -2.90. The lowest BCUT2D eigenvalue weighted by Crippen LogP contribution is -2.65. The monoisotopic (exact) mass is 1330 g/mol. The molecule has 0 aromatic carbocycles. The number of hydrogen-bond donors (Lipinski definition) is 3. The Morgan fingerprint density at radius 2 is 0.860 bits per heavy atom. The molecule has 1 saturated heterocycles. The quantitative estimate of drug-likeness (QED) is 0.0943. The first-order chi connectivity index (χ1) is 42.6. The van der Waals surface area contributed by atoms with E-state index in [2.05, 4.69) is 16.0 Å². The Balaban J connectivity index is 4.62. The summed E-state index contributed by atoms with van der Waals surface area (Å²) in [7, 11) is 7.35. The van der Waals surface area contributed by atoms with Crippen LogP contribution in [0.15, 0.2) is 0 Å². The fourth-order valence-electron chi connectivity index (χ4n) is 12.0. The molecule has 0 aromatic heterocycles. The summed E-state index contributed by atoms with van der Waals surface area (Å²) >= 11 is 0. The van der Waals surface area contributed by atoms with E-state index in [0.29, 0.717) is 6.29 Å². The molecule has 0 aromatic rings. The van der Waals surface area contributed by atoms with Gasteiger partial charge in [-0.1, -0.05) is 132 Å². The molecule has 1 aliphatic rings. The van der Waals surface area contributed by atoms with Gasteiger partial charge in [0.25, 0.3) is 0 Å². The predicted molar refractivity (Wildman–Crippen MR) is 366 cm³/mol. The molecule has 23 nitrogen and oxygen atoms in total. The number of Topliss-reactive ketones (excluding diaryl/α,β-unsaturated/α-hetero) is 1. The number of ketones is 1. The third-order valence-corrected chi connectivity index (χ3v) is 23.5. The molecule has 0 unspecified atom stereocenters. The zero-order chi connectivity index (χ0) is 72.6. The summed E-state index contributed by atoms with van der Waals surface area (Å²) in [6.07, 6.45) is -0.0880. The number of rotatable bonds is 18. The van der Waals surface area contributed by atoms with Crippen LogP contribution in [0.5, 0.6) is 0 Å². The zero-order valence-electron chi connectivity index (χ0n) is 62.6. The van der Waals surface area contributed by atoms with Crippen molar-refractivity contribution in [3.8, 4) is 0 Å². The molecule has 0 saturated carbocycles. The van der Waals surface area contributed by atoms with E-state index in [4.69, 9.17) is 4.43 Å². The number of carbonyl (C=O) groups is 12. The first-order valence-electron chi connectivity index (χ1n) is 34.0. The van der Waals surface area contributed by atoms with Crippen LogP contribution in [-0.2, 0) is 62.0 Å². The average molecular weight is 1330 g/mol. The number of aldehydes is 1. The molecule has 0 bridgehead atoms. The minimum Gasteiger partial charge on any atom is -0.411 e. The second kappa shape index (κ2) is 36.9. The fraction of sp³-hybridized carbons (Fsp3) is 0.826. The van der Waals surface area contributed by atoms with Crippen LogP contribution in [0, 0.1) is 47.3 Å². The van der Waals surface area contributed by atoms with Crippen LogP contribution < -0.4 is 16.0 Å². The van der Waals surface area contributed by atoms with Crippen LogP contribution >= 0.6 is 0 Å². The molecule has 1 rings (SSSR count). The molecule has 93 heavy (non-hydrogen) atoms. The Labute approximate surface area is 560 Å². The Hall–Kier alpha value is -5.78. The summed E-state index contributed by atoms with van der Waals surface area (Å²) in [5.74, 6) is -10.2. The number of likely N-dealkylation sites (N-methyl/N-ethyl adjacent to an activating group) is 7. The first-order valence-corrected chi connectivity index (χ1v) is 36.9. The number of hydrogen-bond acceptors (Lipinski definition) is 13. The van der Waals surface area contributed by atoms with Gasteiger partial charge in [0.2, 0.25) is 59.1 Å². The summed E-state index contributed by atoms with van der Waals surface area (Å²) in [5, 5.41) is 8.19. The molecule has 24 heteroatoms. The molecular weight excluding hydrogens is 1200 g/mol. The van der Waals surface area contributed by atoms with Crippen molar-refractivity contribution in [2.45, 2.75) is 274 Å². The van der Waals surface area contributed by atoms with Crippen LogP contribution in [0.2, 0.25) is 18.1 Å². The molecule has 0 spiro atoms. The number of carbonyl (C=O) groups excluding carboxylic acids is 12. The maximum absolute atomic E-state index is 15.7. The van der Waals surface area contributed by atoms with Crippen molar-refractivity contribution in [1.29, 1.82) is 0 Å². The molecule has 13 atom stereocenters. The van der Waals surface area contributed by atoms with Crippen molar-refractivity contribution in [3.63, 3.8) is 0 Å². The largest absolute Gasteiger partial charge is 0.411 e. The van der Waals surface area contributed by atoms with Gasteiger partial charge < -0.3 is 59.5 Å². The van der Waals surface area contributed by atoms with Crippen LogP contribution in [-0.4, -0.2) is 230 Å². The summed E-state index contributed by atoms with van der Waals surface area (Å²) < 4.78 is 7.13. The van der Waals surface area contributed by atoms with Crippen LogP contribution in [0.1, 0.15) is 190 Å². The van der Waals surface area contributed by atoms with E-state index < -0.39 is 168 Å². The standard InChI is InChI=1S/C69H126N10O13Si/c1-30-48-63(86)73(21)49(31-2)64(87)74(22)51(35-40(5)6)60(83)72-55(43(11)12)67(90)75(23)50(34-39(3)4)59(82)70-47(17)54(81)38-46(16)62(85)76(24)52(36-41(7)8)65(88)77(25)53(37-42(9)10)66(89)78(26)56(44(13)14)68(91)79(27)57(61(84)71-48)58(45(15)32-33-80)92-93(28,29)69(18,19)20/h33,39-53,55-58H,30-32,34-38H2,1-29H3,(H,70,82)(H,71,84)(H,72,83)/t45-,46-,47-,48-,49-,50-,51+,52-,53-,55-,56-,57-,58-/m1/s1. The number of nitrogens with one attached hydrogen (secondary N) is 3. The van der Waals surface area contributed by atoms with E-state index in [1.54, 1.807) is 55.4 Å². The van der Waals surface area contributed by atoms with E-state index in [9.17, 15) is 33.6 Å². The average Bonchev–Trinajstić information content (AvgIpc) is 0.797. The highest BCUT2D eigenvalue weighted by atomic mass is 28.4. The topological polar surface area (TPSA) is 273 Å². The Bertz CT molecular complexity index is 2570. The summed E-state index contributed by atoms with van der Waals surface area (Å²) in [6, 6.07) is -12.1. The molecule has 0 aliphatic carbocycles. The van der Waals surface area contributed by atoms with Gasteiger partial charge in [-0.15, -0.1) is 0 Å².